The van der Waals surface area contributed by atoms with Crippen LogP contribution in [0.5, 0.6) is 0 Å². The van der Waals surface area contributed by atoms with E-state index >= 15 is 0 Å². The maximum atomic E-state index is 10.7. The lowest BCUT2D eigenvalue weighted by Gasteiger charge is -2.36. The Morgan fingerprint density at radius 2 is 2.08 bits per heavy atom. The van der Waals surface area contributed by atoms with E-state index in [-0.39, 0.29) is 6.61 Å². The van der Waals surface area contributed by atoms with Crippen LogP contribution in [-0.2, 0) is 19.4 Å². The third kappa shape index (κ3) is 1.44. The first kappa shape index (κ1) is 9.47. The van der Waals surface area contributed by atoms with Crippen LogP contribution in [0.2, 0.25) is 0 Å². The highest BCUT2D eigenvalue weighted by Crippen LogP contribution is 2.27. The molecule has 0 aliphatic carbocycles. The Morgan fingerprint density at radius 1 is 1.58 bits per heavy atom. The van der Waals surface area contributed by atoms with E-state index in [0.717, 1.165) is 0 Å². The quantitative estimate of drug-likeness (QED) is 0.641. The maximum Gasteiger partial charge on any atom is 0.338 e. The number of carboxylic acid groups (broad SMARTS) is 1. The van der Waals surface area contributed by atoms with E-state index in [4.69, 9.17) is 9.84 Å². The summed E-state index contributed by atoms with van der Waals surface area (Å²) < 4.78 is 26.4. The normalized spacial score (nSPS) is 24.4. The van der Waals surface area contributed by atoms with Gasteiger partial charge in [0.05, 0.1) is 11.5 Å². The number of carbonyl (C=O) groups is 1. The van der Waals surface area contributed by atoms with E-state index < -0.39 is 32.9 Å². The molecular weight excluding hydrogens is 184 g/mol. The second kappa shape index (κ2) is 2.70. The van der Waals surface area contributed by atoms with Crippen molar-refractivity contribution in [2.24, 2.45) is 0 Å². The molecule has 1 rings (SSSR count). The van der Waals surface area contributed by atoms with Crippen LogP contribution in [0.3, 0.4) is 0 Å². The molecule has 0 saturated carbocycles. The summed E-state index contributed by atoms with van der Waals surface area (Å²) in [5, 5.41) is 8.66. The Kier molecular flexibility index (Phi) is 2.13. The van der Waals surface area contributed by atoms with Crippen LogP contribution in [0.4, 0.5) is 0 Å². The molecule has 12 heavy (non-hydrogen) atoms. The average molecular weight is 194 g/mol. The molecule has 0 aromatic heterocycles. The van der Waals surface area contributed by atoms with Crippen LogP contribution < -0.4 is 0 Å². The van der Waals surface area contributed by atoms with Gasteiger partial charge in [0.15, 0.2) is 15.4 Å². The van der Waals surface area contributed by atoms with Crippen molar-refractivity contribution in [3.63, 3.8) is 0 Å². The average Bonchev–Trinajstić information content (AvgIpc) is 1.83. The summed E-state index contributed by atoms with van der Waals surface area (Å²) in [6.45, 7) is 1.84. The first-order valence-corrected chi connectivity index (χ1v) is 5.32. The zero-order valence-electron chi connectivity index (χ0n) is 6.61. The van der Waals surface area contributed by atoms with Crippen molar-refractivity contribution < 1.29 is 23.1 Å². The molecule has 1 aliphatic rings. The number of rotatable bonds is 3. The minimum absolute atomic E-state index is 0.210. The standard InChI is InChI=1S/C6H10O5S/c1-2-11-6(5(7)8)3-12(9,10)4-6/h2-4H2,1H3,(H,7,8). The highest BCUT2D eigenvalue weighted by molar-refractivity contribution is 7.93. The highest BCUT2D eigenvalue weighted by atomic mass is 32.2. The summed E-state index contributed by atoms with van der Waals surface area (Å²) in [6, 6.07) is 0. The summed E-state index contributed by atoms with van der Waals surface area (Å²) in [7, 11) is -3.16. The Bertz CT molecular complexity index is 279. The fraction of sp³-hybridized carbons (Fsp3) is 0.833. The fourth-order valence-electron chi connectivity index (χ4n) is 1.21. The van der Waals surface area contributed by atoms with Crippen LogP contribution in [0.1, 0.15) is 6.92 Å². The van der Waals surface area contributed by atoms with E-state index in [1.165, 1.54) is 0 Å². The molecule has 1 saturated heterocycles. The van der Waals surface area contributed by atoms with E-state index in [2.05, 4.69) is 0 Å². The Labute approximate surface area is 70.3 Å². The van der Waals surface area contributed by atoms with Crippen molar-refractivity contribution in [2.75, 3.05) is 18.1 Å². The zero-order valence-corrected chi connectivity index (χ0v) is 7.43. The van der Waals surface area contributed by atoms with Crippen molar-refractivity contribution in [3.8, 4) is 0 Å². The number of carboxylic acids is 1. The number of ether oxygens (including phenoxy) is 1. The summed E-state index contributed by atoms with van der Waals surface area (Å²) in [4.78, 5) is 10.6. The smallest absolute Gasteiger partial charge is 0.338 e. The van der Waals surface area contributed by atoms with Crippen molar-refractivity contribution in [3.05, 3.63) is 0 Å². The third-order valence-corrected chi connectivity index (χ3v) is 3.53. The van der Waals surface area contributed by atoms with E-state index in [0.29, 0.717) is 0 Å². The lowest BCUT2D eigenvalue weighted by Crippen LogP contribution is -2.61. The topological polar surface area (TPSA) is 80.7 Å². The molecule has 0 spiro atoms. The van der Waals surface area contributed by atoms with Gasteiger partial charge in [-0.2, -0.15) is 0 Å². The predicted octanol–water partition coefficient (Wildman–Crippen LogP) is -0.725. The largest absolute Gasteiger partial charge is 0.479 e. The Morgan fingerprint density at radius 3 is 2.33 bits per heavy atom. The van der Waals surface area contributed by atoms with Gasteiger partial charge >= 0.3 is 5.97 Å². The second-order valence-electron chi connectivity index (χ2n) is 2.76. The van der Waals surface area contributed by atoms with Crippen LogP contribution >= 0.6 is 0 Å². The SMILES string of the molecule is CCOC1(C(=O)O)CS(=O)(=O)C1. The first-order chi connectivity index (χ1) is 5.42. The van der Waals surface area contributed by atoms with Gasteiger partial charge in [0, 0.05) is 6.61 Å². The molecule has 0 unspecified atom stereocenters. The van der Waals surface area contributed by atoms with E-state index in [1.807, 2.05) is 0 Å². The van der Waals surface area contributed by atoms with Crippen molar-refractivity contribution in [1.29, 1.82) is 0 Å². The van der Waals surface area contributed by atoms with Gasteiger partial charge in [-0.25, -0.2) is 13.2 Å². The van der Waals surface area contributed by atoms with Gasteiger partial charge < -0.3 is 9.84 Å². The van der Waals surface area contributed by atoms with Crippen LogP contribution in [0.15, 0.2) is 0 Å². The molecule has 0 bridgehead atoms. The molecule has 1 fully saturated rings. The van der Waals surface area contributed by atoms with E-state index in [9.17, 15) is 13.2 Å². The van der Waals surface area contributed by atoms with Crippen LogP contribution in [0.25, 0.3) is 0 Å². The number of hydrogen-bond acceptors (Lipinski definition) is 4. The molecule has 1 heterocycles. The molecule has 1 N–H and O–H groups in total. The Hall–Kier alpha value is -0.620. The lowest BCUT2D eigenvalue weighted by molar-refractivity contribution is -0.161. The van der Waals surface area contributed by atoms with Gasteiger partial charge in [-0.05, 0) is 6.92 Å². The van der Waals surface area contributed by atoms with Crippen molar-refractivity contribution in [2.45, 2.75) is 12.5 Å². The van der Waals surface area contributed by atoms with E-state index in [1.54, 1.807) is 6.92 Å². The molecule has 0 aromatic rings. The van der Waals surface area contributed by atoms with Crippen molar-refractivity contribution >= 4 is 15.8 Å². The summed E-state index contributed by atoms with van der Waals surface area (Å²) in [5.41, 5.74) is -1.46. The molecular formula is C6H10O5S. The lowest BCUT2D eigenvalue weighted by atomic mass is 10.1. The first-order valence-electron chi connectivity index (χ1n) is 3.50. The molecule has 0 amide bonds. The minimum Gasteiger partial charge on any atom is -0.479 e. The highest BCUT2D eigenvalue weighted by Gasteiger charge is 2.55. The summed E-state index contributed by atoms with van der Waals surface area (Å²) in [6.07, 6.45) is 0. The zero-order chi connectivity index (χ0) is 9.41. The molecule has 5 nitrogen and oxygen atoms in total. The number of aliphatic carboxylic acids is 1. The molecule has 1 aliphatic heterocycles. The predicted molar refractivity (Wildman–Crippen MR) is 40.6 cm³/mol. The molecule has 0 atom stereocenters. The molecule has 0 radical (unpaired) electrons. The number of sulfone groups is 1. The molecule has 6 heteroatoms. The fourth-order valence-corrected chi connectivity index (χ4v) is 2.96. The molecule has 70 valence electrons. The summed E-state index contributed by atoms with van der Waals surface area (Å²) >= 11 is 0. The van der Waals surface area contributed by atoms with Gasteiger partial charge in [0.2, 0.25) is 0 Å². The summed E-state index contributed by atoms with van der Waals surface area (Å²) in [5.74, 6) is -1.99. The van der Waals surface area contributed by atoms with Gasteiger partial charge in [-0.3, -0.25) is 0 Å². The van der Waals surface area contributed by atoms with Gasteiger partial charge in [-0.1, -0.05) is 0 Å². The van der Waals surface area contributed by atoms with Gasteiger partial charge in [0.1, 0.15) is 0 Å². The monoisotopic (exact) mass is 194 g/mol. The molecule has 0 aromatic carbocycles. The van der Waals surface area contributed by atoms with Crippen LogP contribution in [0, 0.1) is 0 Å². The van der Waals surface area contributed by atoms with Crippen LogP contribution in [-0.4, -0.2) is 43.2 Å². The third-order valence-electron chi connectivity index (χ3n) is 1.72. The Balaban J connectivity index is 2.75. The maximum absolute atomic E-state index is 10.7. The minimum atomic E-state index is -3.16. The van der Waals surface area contributed by atoms with Gasteiger partial charge in [-0.15, -0.1) is 0 Å². The van der Waals surface area contributed by atoms with Gasteiger partial charge in [0.25, 0.3) is 0 Å². The van der Waals surface area contributed by atoms with Crippen molar-refractivity contribution in [1.82, 2.24) is 0 Å². The second-order valence-corrected chi connectivity index (χ2v) is 4.83. The number of hydrogen-bond donors (Lipinski definition) is 1.